The van der Waals surface area contributed by atoms with Crippen molar-refractivity contribution < 1.29 is 9.53 Å². The van der Waals surface area contributed by atoms with Gasteiger partial charge in [-0.3, -0.25) is 9.78 Å². The van der Waals surface area contributed by atoms with Crippen molar-refractivity contribution in [3.05, 3.63) is 65.0 Å². The number of aryl methyl sites for hydroxylation is 2. The van der Waals surface area contributed by atoms with Crippen molar-refractivity contribution in [3.8, 4) is 0 Å². The summed E-state index contributed by atoms with van der Waals surface area (Å²) in [5.41, 5.74) is 4.37. The van der Waals surface area contributed by atoms with Crippen molar-refractivity contribution in [2.75, 3.05) is 24.6 Å². The fraction of sp³-hybridized carbons (Fsp3) is 0.348. The molecule has 29 heavy (non-hydrogen) atoms. The van der Waals surface area contributed by atoms with E-state index in [1.165, 1.54) is 0 Å². The number of ether oxygens (including phenoxy) is 1. The Morgan fingerprint density at radius 3 is 2.86 bits per heavy atom. The number of pyridine rings is 2. The van der Waals surface area contributed by atoms with E-state index in [0.29, 0.717) is 12.1 Å². The molecule has 1 fully saturated rings. The van der Waals surface area contributed by atoms with Gasteiger partial charge in [-0.15, -0.1) is 0 Å². The molecule has 3 aromatic rings. The molecule has 0 spiro atoms. The molecule has 1 aliphatic rings. The Kier molecular flexibility index (Phi) is 5.45. The van der Waals surface area contributed by atoms with E-state index < -0.39 is 0 Å². The van der Waals surface area contributed by atoms with Gasteiger partial charge in [-0.25, -0.2) is 4.98 Å². The normalized spacial score (nSPS) is 16.8. The molecule has 0 saturated carbocycles. The Bertz CT molecular complexity index is 1030. The summed E-state index contributed by atoms with van der Waals surface area (Å²) in [4.78, 5) is 24.1. The summed E-state index contributed by atoms with van der Waals surface area (Å²) in [5, 5.41) is 3.96. The lowest BCUT2D eigenvalue weighted by molar-refractivity contribution is 0.0529. The average molecular weight is 390 g/mol. The van der Waals surface area contributed by atoms with Gasteiger partial charge in [-0.05, 0) is 50.1 Å². The molecule has 0 radical (unpaired) electrons. The van der Waals surface area contributed by atoms with Gasteiger partial charge in [-0.1, -0.05) is 18.2 Å². The lowest BCUT2D eigenvalue weighted by Crippen LogP contribution is -2.41. The van der Waals surface area contributed by atoms with Crippen LogP contribution in [-0.2, 0) is 11.3 Å². The number of carbonyl (C=O) groups is 1. The van der Waals surface area contributed by atoms with Crippen molar-refractivity contribution >= 4 is 22.6 Å². The topological polar surface area (TPSA) is 67.4 Å². The van der Waals surface area contributed by atoms with Crippen LogP contribution >= 0.6 is 0 Å². The van der Waals surface area contributed by atoms with Gasteiger partial charge in [-0.2, -0.15) is 0 Å². The number of anilines is 1. The van der Waals surface area contributed by atoms with Crippen LogP contribution in [0.25, 0.3) is 10.9 Å². The smallest absolute Gasteiger partial charge is 0.253 e. The number of carbonyl (C=O) groups excluding carboxylic acids is 1. The maximum absolute atomic E-state index is 12.7. The van der Waals surface area contributed by atoms with E-state index in [0.717, 1.165) is 53.2 Å². The Hall–Kier alpha value is -2.99. The number of rotatable bonds is 4. The van der Waals surface area contributed by atoms with Gasteiger partial charge >= 0.3 is 0 Å². The van der Waals surface area contributed by atoms with Crippen LogP contribution in [0.15, 0.2) is 42.6 Å². The van der Waals surface area contributed by atoms with E-state index in [1.54, 1.807) is 0 Å². The second-order valence-electron chi connectivity index (χ2n) is 7.65. The van der Waals surface area contributed by atoms with Gasteiger partial charge in [0.05, 0.1) is 29.5 Å². The van der Waals surface area contributed by atoms with Crippen LogP contribution in [0.5, 0.6) is 0 Å². The van der Waals surface area contributed by atoms with Crippen LogP contribution in [0.2, 0.25) is 0 Å². The number of hydrogen-bond acceptors (Lipinski definition) is 5. The highest BCUT2D eigenvalue weighted by Gasteiger charge is 2.18. The second kappa shape index (κ2) is 8.17. The predicted molar refractivity (Wildman–Crippen MR) is 114 cm³/mol. The number of nitrogens with one attached hydrogen (secondary N) is 1. The highest BCUT2D eigenvalue weighted by Crippen LogP contribution is 2.19. The Balaban J connectivity index is 1.42. The van der Waals surface area contributed by atoms with Crippen LogP contribution in [0, 0.1) is 13.8 Å². The molecule has 2 aromatic heterocycles. The third-order valence-electron chi connectivity index (χ3n) is 5.24. The number of aromatic nitrogens is 2. The molecule has 6 nitrogen and oxygen atoms in total. The van der Waals surface area contributed by atoms with E-state index in [-0.39, 0.29) is 12.0 Å². The molecule has 4 rings (SSSR count). The molecule has 6 heteroatoms. The highest BCUT2D eigenvalue weighted by molar-refractivity contribution is 5.98. The quantitative estimate of drug-likeness (QED) is 0.740. The van der Waals surface area contributed by atoms with E-state index in [4.69, 9.17) is 4.74 Å². The van der Waals surface area contributed by atoms with Crippen molar-refractivity contribution in [1.82, 2.24) is 15.3 Å². The molecule has 3 heterocycles. The van der Waals surface area contributed by atoms with Crippen molar-refractivity contribution in [2.45, 2.75) is 33.4 Å². The summed E-state index contributed by atoms with van der Waals surface area (Å²) in [6.45, 7) is 8.82. The first-order valence-electron chi connectivity index (χ1n) is 9.97. The SMILES string of the molecule is Cc1ccc2cc(C(=O)NCc3ccc(N4CCO[C@@H](C)C4)nc3)c(C)nc2c1. The Labute approximate surface area is 170 Å². The van der Waals surface area contributed by atoms with E-state index >= 15 is 0 Å². The molecule has 1 saturated heterocycles. The number of hydrogen-bond donors (Lipinski definition) is 1. The molecular formula is C23H26N4O2. The molecule has 150 valence electrons. The molecule has 1 N–H and O–H groups in total. The first-order chi connectivity index (χ1) is 14.0. The fourth-order valence-electron chi connectivity index (χ4n) is 3.62. The zero-order valence-electron chi connectivity index (χ0n) is 17.1. The number of fused-ring (bicyclic) bond motifs is 1. The van der Waals surface area contributed by atoms with Gasteiger partial charge in [0, 0.05) is 31.2 Å². The maximum atomic E-state index is 12.7. The minimum absolute atomic E-state index is 0.122. The lowest BCUT2D eigenvalue weighted by Gasteiger charge is -2.32. The van der Waals surface area contributed by atoms with Gasteiger partial charge in [0.15, 0.2) is 0 Å². The Morgan fingerprint density at radius 2 is 2.10 bits per heavy atom. The predicted octanol–water partition coefficient (Wildman–Crippen LogP) is 3.40. The molecule has 1 aliphatic heterocycles. The number of morpholine rings is 1. The van der Waals surface area contributed by atoms with Crippen molar-refractivity contribution in [1.29, 1.82) is 0 Å². The second-order valence-corrected chi connectivity index (χ2v) is 7.65. The lowest BCUT2D eigenvalue weighted by atomic mass is 10.1. The standard InChI is InChI=1S/C23H26N4O2/c1-15-4-6-19-11-20(17(3)26-21(19)10-15)23(28)25-13-18-5-7-22(24-12-18)27-8-9-29-16(2)14-27/h4-7,10-12,16H,8-9,13-14H2,1-3H3,(H,25,28)/t16-/m0/s1. The molecular weight excluding hydrogens is 364 g/mol. The first kappa shape index (κ1) is 19.3. The largest absolute Gasteiger partial charge is 0.375 e. The average Bonchev–Trinajstić information content (AvgIpc) is 2.72. The van der Waals surface area contributed by atoms with E-state index in [9.17, 15) is 4.79 Å². The summed E-state index contributed by atoms with van der Waals surface area (Å²) in [5.74, 6) is 0.823. The van der Waals surface area contributed by atoms with Crippen LogP contribution in [0.4, 0.5) is 5.82 Å². The van der Waals surface area contributed by atoms with E-state index in [2.05, 4.69) is 27.1 Å². The molecule has 1 aromatic carbocycles. The van der Waals surface area contributed by atoms with Crippen molar-refractivity contribution in [2.24, 2.45) is 0 Å². The minimum atomic E-state index is -0.122. The van der Waals surface area contributed by atoms with E-state index in [1.807, 2.05) is 56.4 Å². The maximum Gasteiger partial charge on any atom is 0.253 e. The van der Waals surface area contributed by atoms with Gasteiger partial charge in [0.2, 0.25) is 0 Å². The molecule has 0 aliphatic carbocycles. The van der Waals surface area contributed by atoms with Gasteiger partial charge in [0.1, 0.15) is 5.82 Å². The number of nitrogens with zero attached hydrogens (tertiary/aromatic N) is 3. The molecule has 1 atom stereocenters. The van der Waals surface area contributed by atoms with Gasteiger partial charge < -0.3 is 15.0 Å². The van der Waals surface area contributed by atoms with Crippen LogP contribution in [0.3, 0.4) is 0 Å². The number of benzene rings is 1. The van der Waals surface area contributed by atoms with Crippen LogP contribution < -0.4 is 10.2 Å². The summed E-state index contributed by atoms with van der Waals surface area (Å²) in [7, 11) is 0. The summed E-state index contributed by atoms with van der Waals surface area (Å²) in [6, 6.07) is 12.0. The van der Waals surface area contributed by atoms with Crippen LogP contribution in [-0.4, -0.2) is 41.7 Å². The fourth-order valence-corrected chi connectivity index (χ4v) is 3.62. The zero-order valence-corrected chi connectivity index (χ0v) is 17.1. The summed E-state index contributed by atoms with van der Waals surface area (Å²) < 4.78 is 5.58. The monoisotopic (exact) mass is 390 g/mol. The third kappa shape index (κ3) is 4.38. The number of amides is 1. The molecule has 0 unspecified atom stereocenters. The third-order valence-corrected chi connectivity index (χ3v) is 5.24. The van der Waals surface area contributed by atoms with Crippen LogP contribution in [0.1, 0.15) is 34.1 Å². The highest BCUT2D eigenvalue weighted by atomic mass is 16.5. The molecule has 1 amide bonds. The zero-order chi connectivity index (χ0) is 20.4. The molecule has 0 bridgehead atoms. The van der Waals surface area contributed by atoms with Crippen molar-refractivity contribution in [3.63, 3.8) is 0 Å². The summed E-state index contributed by atoms with van der Waals surface area (Å²) >= 11 is 0. The Morgan fingerprint density at radius 1 is 1.24 bits per heavy atom. The summed E-state index contributed by atoms with van der Waals surface area (Å²) in [6.07, 6.45) is 2.04. The van der Waals surface area contributed by atoms with Gasteiger partial charge in [0.25, 0.3) is 5.91 Å². The minimum Gasteiger partial charge on any atom is -0.375 e. The first-order valence-corrected chi connectivity index (χ1v) is 9.97.